The van der Waals surface area contributed by atoms with Gasteiger partial charge in [0.05, 0.1) is 5.60 Å². The number of hydrogen-bond donors (Lipinski definition) is 3. The van der Waals surface area contributed by atoms with E-state index in [1.165, 1.54) is 0 Å². The van der Waals surface area contributed by atoms with Crippen molar-refractivity contribution >= 4 is 11.9 Å². The monoisotopic (exact) mass is 161 g/mol. The molecule has 0 rings (SSSR count). The van der Waals surface area contributed by atoms with E-state index in [1.807, 2.05) is 0 Å². The first-order chi connectivity index (χ1) is 4.76. The Morgan fingerprint density at radius 2 is 1.36 bits per heavy atom. The summed E-state index contributed by atoms with van der Waals surface area (Å²) in [4.78, 5) is 20.4. The minimum atomic E-state index is -1.82. The molecule has 11 heavy (non-hydrogen) atoms. The lowest BCUT2D eigenvalue weighted by atomic mass is 9.91. The molecule has 0 aliphatic carbocycles. The molecule has 0 amide bonds. The molecule has 0 heterocycles. The van der Waals surface area contributed by atoms with Gasteiger partial charge in [-0.1, -0.05) is 0 Å². The van der Waals surface area contributed by atoms with Gasteiger partial charge in [0.15, 0.2) is 0 Å². The Kier molecular flexibility index (Phi) is 2.59. The molecule has 5 nitrogen and oxygen atoms in total. The lowest BCUT2D eigenvalue weighted by Crippen LogP contribution is -2.40. The predicted octanol–water partition coefficient (Wildman–Crippen LogP) is -0.499. The van der Waals surface area contributed by atoms with Gasteiger partial charge in [-0.05, 0) is 13.8 Å². The number of rotatable bonds is 3. The molecule has 0 aliphatic heterocycles. The maximum absolute atomic E-state index is 10.2. The molecule has 0 aromatic rings. The second kappa shape index (κ2) is 2.87. The Bertz CT molecular complexity index is 164. The van der Waals surface area contributed by atoms with Crippen molar-refractivity contribution in [1.82, 2.24) is 0 Å². The molecule has 0 aliphatic rings. The normalized spacial score (nSPS) is 11.6. The van der Waals surface area contributed by atoms with Gasteiger partial charge < -0.3 is 15.3 Å². The van der Waals surface area contributed by atoms with E-state index in [0.29, 0.717) is 0 Å². The summed E-state index contributed by atoms with van der Waals surface area (Å²) < 4.78 is 0. The molecule has 63 valence electrons. The fraction of sp³-hybridized carbons (Fsp3) is 0.500. The Morgan fingerprint density at radius 3 is 1.36 bits per heavy atom. The van der Waals surface area contributed by atoms with Gasteiger partial charge in [0.25, 0.3) is 0 Å². The highest BCUT2D eigenvalue weighted by molar-refractivity contribution is 6.09. The molecule has 0 spiro atoms. The molecule has 0 saturated carbocycles. The molecule has 3 N–H and O–H groups in total. The number of carbonyl (C=O) groups is 2. The Hall–Kier alpha value is -1.10. The van der Waals surface area contributed by atoms with Crippen LogP contribution in [0.1, 0.15) is 13.8 Å². The van der Waals surface area contributed by atoms with Crippen molar-refractivity contribution in [3.8, 4) is 0 Å². The summed E-state index contributed by atoms with van der Waals surface area (Å²) in [6.45, 7) is 2.20. The van der Waals surface area contributed by atoms with Crippen LogP contribution in [0.4, 0.5) is 0 Å². The first kappa shape index (κ1) is 9.90. The van der Waals surface area contributed by atoms with Crippen molar-refractivity contribution in [3.63, 3.8) is 0 Å². The van der Waals surface area contributed by atoms with E-state index in [9.17, 15) is 9.59 Å². The number of aliphatic hydroxyl groups is 1. The van der Waals surface area contributed by atoms with E-state index in [4.69, 9.17) is 15.3 Å². The van der Waals surface area contributed by atoms with E-state index in [0.717, 1.165) is 13.8 Å². The lowest BCUT2D eigenvalue weighted by molar-refractivity contribution is -0.148. The van der Waals surface area contributed by atoms with Crippen molar-refractivity contribution < 1.29 is 24.9 Å². The first-order valence-electron chi connectivity index (χ1n) is 2.83. The summed E-state index contributed by atoms with van der Waals surface area (Å²) in [5, 5.41) is 25.6. The number of hydrogen-bond acceptors (Lipinski definition) is 3. The predicted molar refractivity (Wildman–Crippen MR) is 34.8 cm³/mol. The molecular weight excluding hydrogens is 152 g/mol. The molecule has 0 unspecified atom stereocenters. The number of aliphatic carboxylic acids is 2. The Morgan fingerprint density at radius 1 is 1.09 bits per heavy atom. The largest absolute Gasteiger partial charge is 0.480 e. The fourth-order valence-electron chi connectivity index (χ4n) is 0.615. The Labute approximate surface area is 63.3 Å². The molecule has 5 heteroatoms. The van der Waals surface area contributed by atoms with Gasteiger partial charge in [0.1, 0.15) is 0 Å². The van der Waals surface area contributed by atoms with Crippen molar-refractivity contribution in [3.05, 3.63) is 5.92 Å². The van der Waals surface area contributed by atoms with E-state index < -0.39 is 23.5 Å². The summed E-state index contributed by atoms with van der Waals surface area (Å²) in [7, 11) is 0. The molecular formula is C6H9O5. The maximum Gasteiger partial charge on any atom is 0.326 e. The second-order valence-electron chi connectivity index (χ2n) is 2.54. The quantitative estimate of drug-likeness (QED) is 0.485. The topological polar surface area (TPSA) is 94.8 Å². The van der Waals surface area contributed by atoms with Crippen molar-refractivity contribution in [2.45, 2.75) is 19.4 Å². The third-order valence-electron chi connectivity index (χ3n) is 1.04. The molecule has 0 atom stereocenters. The molecule has 1 radical (unpaired) electrons. The van der Waals surface area contributed by atoms with Crippen molar-refractivity contribution in [2.24, 2.45) is 0 Å². The summed E-state index contributed by atoms with van der Waals surface area (Å²) in [6.07, 6.45) is 0. The van der Waals surface area contributed by atoms with Crippen molar-refractivity contribution in [1.29, 1.82) is 0 Å². The zero-order valence-corrected chi connectivity index (χ0v) is 6.16. The van der Waals surface area contributed by atoms with Crippen LogP contribution in [0.2, 0.25) is 0 Å². The zero-order valence-electron chi connectivity index (χ0n) is 6.16. The smallest absolute Gasteiger partial charge is 0.326 e. The minimum absolute atomic E-state index is 0.933. The van der Waals surface area contributed by atoms with Crippen LogP contribution >= 0.6 is 0 Å². The highest BCUT2D eigenvalue weighted by atomic mass is 16.4. The van der Waals surface area contributed by atoms with Crippen LogP contribution in [0, 0.1) is 5.92 Å². The number of carboxylic acid groups (broad SMARTS) is 2. The van der Waals surface area contributed by atoms with Crippen LogP contribution in [0.25, 0.3) is 0 Å². The van der Waals surface area contributed by atoms with Gasteiger partial charge >= 0.3 is 11.9 Å². The summed E-state index contributed by atoms with van der Waals surface area (Å²) in [5.74, 6) is -4.17. The third-order valence-corrected chi connectivity index (χ3v) is 1.04. The molecule has 0 saturated heterocycles. The van der Waals surface area contributed by atoms with Gasteiger partial charge in [-0.15, -0.1) is 0 Å². The average molecular weight is 161 g/mol. The van der Waals surface area contributed by atoms with Crippen LogP contribution in [0.3, 0.4) is 0 Å². The van der Waals surface area contributed by atoms with E-state index >= 15 is 0 Å². The van der Waals surface area contributed by atoms with Gasteiger partial charge in [0, 0.05) is 0 Å². The van der Waals surface area contributed by atoms with Gasteiger partial charge in [0.2, 0.25) is 5.92 Å². The van der Waals surface area contributed by atoms with Gasteiger partial charge in [-0.2, -0.15) is 0 Å². The number of carboxylic acids is 2. The summed E-state index contributed by atoms with van der Waals surface area (Å²) in [6, 6.07) is 0. The summed E-state index contributed by atoms with van der Waals surface area (Å²) >= 11 is 0. The Balaban J connectivity index is 4.63. The molecule has 0 aromatic carbocycles. The van der Waals surface area contributed by atoms with Gasteiger partial charge in [-0.3, -0.25) is 9.59 Å². The van der Waals surface area contributed by atoms with Crippen LogP contribution in [0.15, 0.2) is 0 Å². The van der Waals surface area contributed by atoms with Gasteiger partial charge in [-0.25, -0.2) is 0 Å². The molecule has 0 fully saturated rings. The maximum atomic E-state index is 10.2. The average Bonchev–Trinajstić information content (AvgIpc) is 1.54. The fourth-order valence-corrected chi connectivity index (χ4v) is 0.615. The zero-order chi connectivity index (χ0) is 9.23. The van der Waals surface area contributed by atoms with Crippen LogP contribution in [-0.2, 0) is 9.59 Å². The standard InChI is InChI=1S/C6H9O5/c1-6(2,11)3(4(7)8)5(9)10/h11H,1-2H3,(H,7,8)(H,9,10). The minimum Gasteiger partial charge on any atom is -0.480 e. The van der Waals surface area contributed by atoms with Crippen LogP contribution < -0.4 is 0 Å². The third kappa shape index (κ3) is 2.55. The highest BCUT2D eigenvalue weighted by Crippen LogP contribution is 2.18. The van der Waals surface area contributed by atoms with Crippen LogP contribution in [-0.4, -0.2) is 32.9 Å². The van der Waals surface area contributed by atoms with Crippen LogP contribution in [0.5, 0.6) is 0 Å². The molecule has 0 bridgehead atoms. The van der Waals surface area contributed by atoms with Crippen molar-refractivity contribution in [2.75, 3.05) is 0 Å². The molecule has 0 aromatic heterocycles. The highest BCUT2D eigenvalue weighted by Gasteiger charge is 2.41. The first-order valence-corrected chi connectivity index (χ1v) is 2.83. The van der Waals surface area contributed by atoms with E-state index in [1.54, 1.807) is 0 Å². The summed E-state index contributed by atoms with van der Waals surface area (Å²) in [5.41, 5.74) is -1.82. The lowest BCUT2D eigenvalue weighted by Gasteiger charge is -2.20. The van der Waals surface area contributed by atoms with E-state index in [-0.39, 0.29) is 0 Å². The second-order valence-corrected chi connectivity index (χ2v) is 2.54. The SMILES string of the molecule is CC(C)(O)[C](C(=O)O)C(=O)O. The van der Waals surface area contributed by atoms with E-state index in [2.05, 4.69) is 0 Å².